The maximum absolute atomic E-state index is 10.9. The van der Waals surface area contributed by atoms with Crippen LogP contribution in [0.2, 0.25) is 0 Å². The van der Waals surface area contributed by atoms with Gasteiger partial charge < -0.3 is 4.74 Å². The van der Waals surface area contributed by atoms with Gasteiger partial charge in [0.2, 0.25) is 0 Å². The third-order valence-electron chi connectivity index (χ3n) is 1.43. The molecule has 0 spiro atoms. The normalized spacial score (nSPS) is 32.2. The Morgan fingerprint density at radius 2 is 2.50 bits per heavy atom. The van der Waals surface area contributed by atoms with Gasteiger partial charge >= 0.3 is 5.97 Å². The van der Waals surface area contributed by atoms with Crippen LogP contribution in [0.15, 0.2) is 0 Å². The largest absolute Gasteiger partial charge is 0.468 e. The lowest BCUT2D eigenvalue weighted by Crippen LogP contribution is -2.36. The van der Waals surface area contributed by atoms with Gasteiger partial charge in [-0.25, -0.2) is 0 Å². The number of nitrogens with one attached hydrogen (secondary N) is 1. The summed E-state index contributed by atoms with van der Waals surface area (Å²) in [5, 5.41) is 3.47. The molecule has 0 radical (unpaired) electrons. The molecular formula is C6H11NO2S. The van der Waals surface area contributed by atoms with Crippen LogP contribution in [-0.2, 0) is 9.53 Å². The van der Waals surface area contributed by atoms with E-state index in [2.05, 4.69) is 10.1 Å². The van der Waals surface area contributed by atoms with E-state index in [1.807, 2.05) is 6.92 Å². The highest BCUT2D eigenvalue weighted by atomic mass is 32.2. The second-order valence-corrected chi connectivity index (χ2v) is 3.59. The SMILES string of the molecule is COC(=O)C1CSC(C)N1. The summed E-state index contributed by atoms with van der Waals surface area (Å²) < 4.78 is 4.57. The molecule has 1 rings (SSSR count). The van der Waals surface area contributed by atoms with Crippen LogP contribution in [0.1, 0.15) is 6.92 Å². The molecule has 0 aliphatic carbocycles. The predicted octanol–water partition coefficient (Wildman–Crippen LogP) is 0.210. The maximum Gasteiger partial charge on any atom is 0.323 e. The van der Waals surface area contributed by atoms with Crippen LogP contribution in [0.5, 0.6) is 0 Å². The minimum atomic E-state index is -0.156. The fourth-order valence-electron chi connectivity index (χ4n) is 0.898. The summed E-state index contributed by atoms with van der Waals surface area (Å²) in [4.78, 5) is 10.9. The summed E-state index contributed by atoms with van der Waals surface area (Å²) in [6.45, 7) is 2.04. The summed E-state index contributed by atoms with van der Waals surface area (Å²) in [6, 6.07) is -0.0926. The molecule has 58 valence electrons. The van der Waals surface area contributed by atoms with Crippen molar-refractivity contribution in [2.24, 2.45) is 0 Å². The van der Waals surface area contributed by atoms with E-state index in [4.69, 9.17) is 0 Å². The van der Waals surface area contributed by atoms with Crippen LogP contribution < -0.4 is 5.32 Å². The molecule has 1 heterocycles. The second kappa shape index (κ2) is 3.25. The molecule has 10 heavy (non-hydrogen) atoms. The van der Waals surface area contributed by atoms with Crippen LogP contribution in [0, 0.1) is 0 Å². The van der Waals surface area contributed by atoms with Gasteiger partial charge in [-0.3, -0.25) is 10.1 Å². The van der Waals surface area contributed by atoms with Crippen molar-refractivity contribution in [2.75, 3.05) is 12.9 Å². The molecule has 1 aliphatic heterocycles. The van der Waals surface area contributed by atoms with E-state index in [-0.39, 0.29) is 12.0 Å². The first-order valence-corrected chi connectivity index (χ1v) is 4.24. The lowest BCUT2D eigenvalue weighted by Gasteiger charge is -2.06. The summed E-state index contributed by atoms with van der Waals surface area (Å²) in [6.07, 6.45) is 0. The number of esters is 1. The summed E-state index contributed by atoms with van der Waals surface area (Å²) in [5.74, 6) is 0.672. The number of thioether (sulfide) groups is 1. The fraction of sp³-hybridized carbons (Fsp3) is 0.833. The second-order valence-electron chi connectivity index (χ2n) is 2.22. The van der Waals surface area contributed by atoms with Crippen LogP contribution in [0.25, 0.3) is 0 Å². The molecule has 0 bridgehead atoms. The monoisotopic (exact) mass is 161 g/mol. The van der Waals surface area contributed by atoms with Crippen molar-refractivity contribution in [3.63, 3.8) is 0 Å². The van der Waals surface area contributed by atoms with Crippen molar-refractivity contribution in [1.29, 1.82) is 0 Å². The molecule has 4 heteroatoms. The Balaban J connectivity index is 2.37. The first-order valence-electron chi connectivity index (χ1n) is 3.19. The first-order chi connectivity index (χ1) is 4.74. The molecule has 0 aromatic rings. The summed E-state index contributed by atoms with van der Waals surface area (Å²) in [7, 11) is 1.41. The van der Waals surface area contributed by atoms with Crippen molar-refractivity contribution in [1.82, 2.24) is 5.32 Å². The molecule has 1 N–H and O–H groups in total. The van der Waals surface area contributed by atoms with Gasteiger partial charge in [-0.15, -0.1) is 11.8 Å². The Hall–Kier alpha value is -0.220. The van der Waals surface area contributed by atoms with E-state index in [0.29, 0.717) is 5.37 Å². The first kappa shape index (κ1) is 7.88. The molecule has 0 saturated carbocycles. The molecule has 3 nitrogen and oxygen atoms in total. The zero-order valence-corrected chi connectivity index (χ0v) is 6.90. The molecule has 1 fully saturated rings. The van der Waals surface area contributed by atoms with E-state index in [1.165, 1.54) is 7.11 Å². The number of hydrogen-bond donors (Lipinski definition) is 1. The lowest BCUT2D eigenvalue weighted by molar-refractivity contribution is -0.142. The smallest absolute Gasteiger partial charge is 0.323 e. The number of hydrogen-bond acceptors (Lipinski definition) is 4. The van der Waals surface area contributed by atoms with Crippen molar-refractivity contribution >= 4 is 17.7 Å². The average molecular weight is 161 g/mol. The number of methoxy groups -OCH3 is 1. The summed E-state index contributed by atoms with van der Waals surface area (Å²) >= 11 is 1.74. The van der Waals surface area contributed by atoms with E-state index in [0.717, 1.165) is 5.75 Å². The van der Waals surface area contributed by atoms with Gasteiger partial charge in [-0.05, 0) is 6.92 Å². The van der Waals surface area contributed by atoms with Crippen LogP contribution in [0.4, 0.5) is 0 Å². The van der Waals surface area contributed by atoms with Crippen LogP contribution >= 0.6 is 11.8 Å². The van der Waals surface area contributed by atoms with Gasteiger partial charge in [-0.2, -0.15) is 0 Å². The minimum Gasteiger partial charge on any atom is -0.468 e. The lowest BCUT2D eigenvalue weighted by atomic mass is 10.3. The van der Waals surface area contributed by atoms with E-state index >= 15 is 0 Å². The third-order valence-corrected chi connectivity index (χ3v) is 2.60. The molecule has 0 aromatic heterocycles. The molecule has 1 saturated heterocycles. The van der Waals surface area contributed by atoms with Crippen LogP contribution in [0.3, 0.4) is 0 Å². The number of ether oxygens (including phenoxy) is 1. The van der Waals surface area contributed by atoms with Crippen molar-refractivity contribution in [3.8, 4) is 0 Å². The minimum absolute atomic E-state index is 0.0926. The van der Waals surface area contributed by atoms with Gasteiger partial charge in [0.1, 0.15) is 6.04 Å². The van der Waals surface area contributed by atoms with Gasteiger partial charge in [0.05, 0.1) is 12.5 Å². The van der Waals surface area contributed by atoms with E-state index < -0.39 is 0 Å². The number of carbonyl (C=O) groups is 1. The van der Waals surface area contributed by atoms with Crippen molar-refractivity contribution in [3.05, 3.63) is 0 Å². The fourth-order valence-corrected chi connectivity index (χ4v) is 1.87. The van der Waals surface area contributed by atoms with E-state index in [9.17, 15) is 4.79 Å². The number of carbonyl (C=O) groups excluding carboxylic acids is 1. The highest BCUT2D eigenvalue weighted by Gasteiger charge is 2.27. The van der Waals surface area contributed by atoms with Crippen molar-refractivity contribution < 1.29 is 9.53 Å². The van der Waals surface area contributed by atoms with Gasteiger partial charge in [0.25, 0.3) is 0 Å². The van der Waals surface area contributed by atoms with Gasteiger partial charge in [0, 0.05) is 5.75 Å². The van der Waals surface area contributed by atoms with Crippen LogP contribution in [-0.4, -0.2) is 30.2 Å². The Kier molecular flexibility index (Phi) is 2.56. The number of rotatable bonds is 1. The standard InChI is InChI=1S/C6H11NO2S/c1-4-7-5(3-10-4)6(8)9-2/h4-5,7H,3H2,1-2H3. The Labute approximate surface area is 64.5 Å². The summed E-state index contributed by atoms with van der Waals surface area (Å²) in [5.41, 5.74) is 0. The van der Waals surface area contributed by atoms with Gasteiger partial charge in [0.15, 0.2) is 0 Å². The topological polar surface area (TPSA) is 38.3 Å². The molecule has 0 amide bonds. The van der Waals surface area contributed by atoms with Gasteiger partial charge in [-0.1, -0.05) is 0 Å². The predicted molar refractivity (Wildman–Crippen MR) is 40.9 cm³/mol. The Bertz CT molecular complexity index is 140. The molecule has 2 unspecified atom stereocenters. The highest BCUT2D eigenvalue weighted by Crippen LogP contribution is 2.17. The molecule has 1 aliphatic rings. The molecular weight excluding hydrogens is 150 g/mol. The average Bonchev–Trinajstić information content (AvgIpc) is 2.34. The zero-order valence-electron chi connectivity index (χ0n) is 6.09. The zero-order chi connectivity index (χ0) is 7.56. The molecule has 0 aromatic carbocycles. The Morgan fingerprint density at radius 3 is 2.90 bits per heavy atom. The van der Waals surface area contributed by atoms with E-state index in [1.54, 1.807) is 11.8 Å². The van der Waals surface area contributed by atoms with Crippen molar-refractivity contribution in [2.45, 2.75) is 18.3 Å². The Morgan fingerprint density at radius 1 is 1.80 bits per heavy atom. The molecule has 2 atom stereocenters. The third kappa shape index (κ3) is 1.64. The highest BCUT2D eigenvalue weighted by molar-refractivity contribution is 8.00. The maximum atomic E-state index is 10.9. The quantitative estimate of drug-likeness (QED) is 0.558.